The van der Waals surface area contributed by atoms with Crippen molar-refractivity contribution in [1.82, 2.24) is 9.36 Å². The highest BCUT2D eigenvalue weighted by Gasteiger charge is 2.17. The Hall–Kier alpha value is -1.93. The number of carbonyl (C=O) groups is 1. The second kappa shape index (κ2) is 6.90. The number of ether oxygens (including phenoxy) is 1. The normalized spacial score (nSPS) is 14.5. The number of rotatable bonds is 3. The Morgan fingerprint density at radius 1 is 1.38 bits per heavy atom. The summed E-state index contributed by atoms with van der Waals surface area (Å²) in [4.78, 5) is 28.4. The molecule has 0 unspecified atom stereocenters. The lowest BCUT2D eigenvalue weighted by Crippen LogP contribution is -2.31. The van der Waals surface area contributed by atoms with Crippen molar-refractivity contribution in [3.8, 4) is 0 Å². The molecule has 2 heterocycles. The van der Waals surface area contributed by atoms with Crippen molar-refractivity contribution in [3.63, 3.8) is 0 Å². The van der Waals surface area contributed by atoms with Crippen LogP contribution in [0.3, 0.4) is 0 Å². The average molecular weight is 372 g/mol. The molecule has 0 aliphatic carbocycles. The quantitative estimate of drug-likeness (QED) is 0.779. The van der Waals surface area contributed by atoms with Crippen LogP contribution in [0.1, 0.15) is 30.1 Å². The molecule has 0 amide bonds. The molecule has 2 aromatic rings. The number of aromatic nitrogens is 2. The molecule has 24 heavy (non-hydrogen) atoms. The predicted molar refractivity (Wildman–Crippen MR) is 88.4 cm³/mol. The molecular weight excluding hydrogens is 357 g/mol. The fraction of sp³-hybridized carbons (Fsp3) is 0.400. The lowest BCUT2D eigenvalue weighted by Gasteiger charge is -2.15. The minimum atomic E-state index is -0.663. The molecule has 0 fully saturated rings. The molecule has 1 aromatic heterocycles. The maximum absolute atomic E-state index is 14.2. The van der Waals surface area contributed by atoms with Crippen molar-refractivity contribution in [2.75, 3.05) is 6.61 Å². The minimum absolute atomic E-state index is 0.0374. The monoisotopic (exact) mass is 371 g/mol. The maximum Gasteiger partial charge on any atom is 0.339 e. The first-order chi connectivity index (χ1) is 11.5. The summed E-state index contributed by atoms with van der Waals surface area (Å²) in [5, 5.41) is -0.0374. The molecule has 0 atom stereocenters. The Labute approximate surface area is 145 Å². The Balaban J connectivity index is 2.12. The number of halogens is 2. The zero-order valence-corrected chi connectivity index (χ0v) is 14.5. The van der Waals surface area contributed by atoms with Crippen LogP contribution in [-0.4, -0.2) is 21.9 Å². The third kappa shape index (κ3) is 3.16. The molecule has 0 bridgehead atoms. The van der Waals surface area contributed by atoms with Gasteiger partial charge in [0.25, 0.3) is 0 Å². The predicted octanol–water partition coefficient (Wildman–Crippen LogP) is 2.71. The van der Waals surface area contributed by atoms with E-state index in [1.165, 1.54) is 6.07 Å². The van der Waals surface area contributed by atoms with Crippen LogP contribution in [0.15, 0.2) is 21.9 Å². The molecule has 0 saturated carbocycles. The summed E-state index contributed by atoms with van der Waals surface area (Å²) in [6.07, 6.45) is 1.86. The van der Waals surface area contributed by atoms with E-state index in [1.54, 1.807) is 16.3 Å². The third-order valence-electron chi connectivity index (χ3n) is 3.64. The van der Waals surface area contributed by atoms with Gasteiger partial charge in [-0.3, -0.25) is 9.48 Å². The number of fused-ring (bicyclic) bond motifs is 1. The van der Waals surface area contributed by atoms with Crippen LogP contribution in [0.2, 0.25) is 5.02 Å². The van der Waals surface area contributed by atoms with Crippen LogP contribution < -0.4 is 9.67 Å². The molecule has 128 valence electrons. The SMILES string of the molecule is CCOC(=O)c1cc(N=c2sc(=O)n3n2CCCC3)c(F)cc1Cl. The van der Waals surface area contributed by atoms with E-state index in [4.69, 9.17) is 16.3 Å². The molecule has 0 radical (unpaired) electrons. The standard InChI is InChI=1S/C15H15ClFN3O3S/c1-2-23-13(21)9-7-12(11(17)8-10(9)16)18-14-19-5-3-4-6-20(19)15(22)24-14/h7-8H,2-6H2,1H3. The highest BCUT2D eigenvalue weighted by atomic mass is 35.5. The fourth-order valence-corrected chi connectivity index (χ4v) is 3.63. The van der Waals surface area contributed by atoms with Gasteiger partial charge in [0.1, 0.15) is 11.5 Å². The summed E-state index contributed by atoms with van der Waals surface area (Å²) in [7, 11) is 0. The van der Waals surface area contributed by atoms with Crippen LogP contribution in [0.4, 0.5) is 10.1 Å². The van der Waals surface area contributed by atoms with Crippen molar-refractivity contribution in [2.45, 2.75) is 32.9 Å². The van der Waals surface area contributed by atoms with Gasteiger partial charge in [0.15, 0.2) is 0 Å². The Morgan fingerprint density at radius 2 is 2.08 bits per heavy atom. The van der Waals surface area contributed by atoms with Gasteiger partial charge in [-0.25, -0.2) is 18.9 Å². The molecule has 3 rings (SSSR count). The topological polar surface area (TPSA) is 65.6 Å². The van der Waals surface area contributed by atoms with Gasteiger partial charge in [0, 0.05) is 13.1 Å². The molecule has 0 saturated heterocycles. The molecule has 1 aliphatic rings. The molecule has 0 spiro atoms. The van der Waals surface area contributed by atoms with Crippen LogP contribution in [0, 0.1) is 5.82 Å². The first-order valence-corrected chi connectivity index (χ1v) is 8.72. The molecule has 9 heteroatoms. The summed E-state index contributed by atoms with van der Waals surface area (Å²) in [6.45, 7) is 3.13. The van der Waals surface area contributed by atoms with Crippen molar-refractivity contribution >= 4 is 34.6 Å². The van der Waals surface area contributed by atoms with E-state index in [0.717, 1.165) is 30.2 Å². The lowest BCUT2D eigenvalue weighted by molar-refractivity contribution is 0.0526. The summed E-state index contributed by atoms with van der Waals surface area (Å²) < 4.78 is 22.4. The maximum atomic E-state index is 14.2. The van der Waals surface area contributed by atoms with Gasteiger partial charge in [-0.05, 0) is 43.2 Å². The Kier molecular flexibility index (Phi) is 4.86. The zero-order chi connectivity index (χ0) is 17.3. The van der Waals surface area contributed by atoms with Gasteiger partial charge < -0.3 is 4.74 Å². The van der Waals surface area contributed by atoms with Gasteiger partial charge in [0.2, 0.25) is 4.80 Å². The van der Waals surface area contributed by atoms with Gasteiger partial charge in [-0.15, -0.1) is 0 Å². The molecule has 6 nitrogen and oxygen atoms in total. The van der Waals surface area contributed by atoms with Crippen molar-refractivity contribution in [1.29, 1.82) is 0 Å². The second-order valence-corrected chi connectivity index (χ2v) is 6.55. The van der Waals surface area contributed by atoms with Crippen molar-refractivity contribution in [2.24, 2.45) is 4.99 Å². The first kappa shape index (κ1) is 16.9. The first-order valence-electron chi connectivity index (χ1n) is 7.53. The molecular formula is C15H15ClFN3O3S. The van der Waals surface area contributed by atoms with Crippen LogP contribution in [0.25, 0.3) is 0 Å². The summed E-state index contributed by atoms with van der Waals surface area (Å²) in [5.41, 5.74) is -0.00531. The average Bonchev–Trinajstić information content (AvgIpc) is 2.87. The molecule has 1 aromatic carbocycles. The third-order valence-corrected chi connectivity index (χ3v) is 4.82. The fourth-order valence-electron chi connectivity index (χ4n) is 2.51. The van der Waals surface area contributed by atoms with E-state index in [9.17, 15) is 14.0 Å². The van der Waals surface area contributed by atoms with Gasteiger partial charge >= 0.3 is 10.8 Å². The number of esters is 1. The highest BCUT2D eigenvalue weighted by Crippen LogP contribution is 2.26. The summed E-state index contributed by atoms with van der Waals surface area (Å²) >= 11 is 6.87. The number of nitrogens with zero attached hydrogens (tertiary/aromatic N) is 3. The van der Waals surface area contributed by atoms with Crippen molar-refractivity contribution in [3.05, 3.63) is 43.0 Å². The van der Waals surface area contributed by atoms with Gasteiger partial charge in [-0.1, -0.05) is 11.6 Å². The van der Waals surface area contributed by atoms with Crippen LogP contribution in [-0.2, 0) is 17.8 Å². The van der Waals surface area contributed by atoms with Gasteiger partial charge in [0.05, 0.1) is 17.2 Å². The molecule has 0 N–H and O–H groups in total. The number of benzene rings is 1. The van der Waals surface area contributed by atoms with E-state index in [1.807, 2.05) is 0 Å². The zero-order valence-electron chi connectivity index (χ0n) is 12.9. The Bertz CT molecular complexity index is 916. The van der Waals surface area contributed by atoms with Crippen LogP contribution >= 0.6 is 22.9 Å². The van der Waals surface area contributed by atoms with Crippen molar-refractivity contribution < 1.29 is 13.9 Å². The number of hydrogen-bond donors (Lipinski definition) is 0. The summed E-state index contributed by atoms with van der Waals surface area (Å²) in [5.74, 6) is -1.30. The van der Waals surface area contributed by atoms with Gasteiger partial charge in [-0.2, -0.15) is 0 Å². The van der Waals surface area contributed by atoms with E-state index in [-0.39, 0.29) is 27.8 Å². The number of hydrogen-bond acceptors (Lipinski definition) is 5. The smallest absolute Gasteiger partial charge is 0.339 e. The van der Waals surface area contributed by atoms with E-state index in [0.29, 0.717) is 17.9 Å². The number of carbonyl (C=O) groups excluding carboxylic acids is 1. The highest BCUT2D eigenvalue weighted by molar-refractivity contribution is 7.06. The largest absolute Gasteiger partial charge is 0.462 e. The van der Waals surface area contributed by atoms with Crippen LogP contribution in [0.5, 0.6) is 0 Å². The van der Waals surface area contributed by atoms with E-state index in [2.05, 4.69) is 4.99 Å². The lowest BCUT2D eigenvalue weighted by atomic mass is 10.2. The van der Waals surface area contributed by atoms with E-state index >= 15 is 0 Å². The molecule has 1 aliphatic heterocycles. The Morgan fingerprint density at radius 3 is 2.79 bits per heavy atom. The second-order valence-electron chi connectivity index (χ2n) is 5.22. The van der Waals surface area contributed by atoms with E-state index < -0.39 is 11.8 Å². The minimum Gasteiger partial charge on any atom is -0.462 e. The summed E-state index contributed by atoms with van der Waals surface area (Å²) in [6, 6.07) is 2.28.